The molecule has 0 bridgehead atoms. The van der Waals surface area contributed by atoms with E-state index in [-0.39, 0.29) is 0 Å². The smallest absolute Gasteiger partial charge is 0.0819 e. The Hall–Kier alpha value is -0.860. The molecule has 106 valence electrons. The van der Waals surface area contributed by atoms with Crippen LogP contribution in [0.3, 0.4) is 0 Å². The molecule has 2 heteroatoms. The van der Waals surface area contributed by atoms with E-state index in [4.69, 9.17) is 9.78 Å². The van der Waals surface area contributed by atoms with Gasteiger partial charge in [0, 0.05) is 0 Å². The Labute approximate surface area is 113 Å². The van der Waals surface area contributed by atoms with Gasteiger partial charge in [-0.2, -0.15) is 0 Å². The van der Waals surface area contributed by atoms with Gasteiger partial charge in [0.05, 0.1) is 13.2 Å². The summed E-state index contributed by atoms with van der Waals surface area (Å²) in [6, 6.07) is 12.0. The average Bonchev–Trinajstić information content (AvgIpc) is 2.46. The minimum Gasteiger partial charge on any atom is -0.237 e. The SMILES string of the molecule is CCCC.CCCOOCCC.c1ccccc1. The summed E-state index contributed by atoms with van der Waals surface area (Å²) in [5.74, 6) is 0. The van der Waals surface area contributed by atoms with E-state index in [2.05, 4.69) is 27.7 Å². The monoisotopic (exact) mass is 254 g/mol. The molecule has 18 heavy (non-hydrogen) atoms. The van der Waals surface area contributed by atoms with Crippen molar-refractivity contribution in [2.75, 3.05) is 13.2 Å². The summed E-state index contributed by atoms with van der Waals surface area (Å²) in [4.78, 5) is 9.45. The molecule has 0 aliphatic heterocycles. The zero-order valence-electron chi connectivity index (χ0n) is 12.5. The lowest BCUT2D eigenvalue weighted by atomic mass is 10.4. The molecule has 0 N–H and O–H groups in total. The topological polar surface area (TPSA) is 18.5 Å². The van der Waals surface area contributed by atoms with Gasteiger partial charge < -0.3 is 0 Å². The highest BCUT2D eigenvalue weighted by atomic mass is 17.2. The maximum absolute atomic E-state index is 4.72. The van der Waals surface area contributed by atoms with E-state index in [1.165, 1.54) is 12.8 Å². The molecule has 0 saturated heterocycles. The first-order valence-corrected chi connectivity index (χ1v) is 7.07. The van der Waals surface area contributed by atoms with Crippen molar-refractivity contribution in [2.24, 2.45) is 0 Å². The third-order valence-corrected chi connectivity index (χ3v) is 1.82. The second-order valence-corrected chi connectivity index (χ2v) is 3.80. The average molecular weight is 254 g/mol. The molecule has 1 aromatic carbocycles. The van der Waals surface area contributed by atoms with Crippen molar-refractivity contribution < 1.29 is 9.78 Å². The number of rotatable bonds is 6. The number of hydrogen-bond acceptors (Lipinski definition) is 2. The molecule has 0 spiro atoms. The van der Waals surface area contributed by atoms with Crippen LogP contribution in [0.5, 0.6) is 0 Å². The van der Waals surface area contributed by atoms with Crippen LogP contribution in [0.2, 0.25) is 0 Å². The molecule has 0 saturated carbocycles. The second-order valence-electron chi connectivity index (χ2n) is 3.80. The Morgan fingerprint density at radius 3 is 0.944 bits per heavy atom. The summed E-state index contributed by atoms with van der Waals surface area (Å²) >= 11 is 0. The Morgan fingerprint density at radius 1 is 0.500 bits per heavy atom. The largest absolute Gasteiger partial charge is 0.237 e. The predicted molar refractivity (Wildman–Crippen MR) is 79.5 cm³/mol. The lowest BCUT2D eigenvalue weighted by molar-refractivity contribution is -0.294. The van der Waals surface area contributed by atoms with Gasteiger partial charge in [-0.3, -0.25) is 0 Å². The molecular weight excluding hydrogens is 224 g/mol. The molecule has 0 fully saturated rings. The Morgan fingerprint density at radius 2 is 0.778 bits per heavy atom. The highest BCUT2D eigenvalue weighted by Gasteiger charge is 1.81. The van der Waals surface area contributed by atoms with Gasteiger partial charge in [0.25, 0.3) is 0 Å². The summed E-state index contributed by atoms with van der Waals surface area (Å²) in [5, 5.41) is 0. The van der Waals surface area contributed by atoms with Crippen LogP contribution < -0.4 is 0 Å². The lowest BCUT2D eigenvalue weighted by Gasteiger charge is -1.97. The third-order valence-electron chi connectivity index (χ3n) is 1.82. The molecule has 1 rings (SSSR count). The molecule has 0 aliphatic carbocycles. The molecule has 0 aliphatic rings. The lowest BCUT2D eigenvalue weighted by Crippen LogP contribution is -1.95. The van der Waals surface area contributed by atoms with Gasteiger partial charge >= 0.3 is 0 Å². The second kappa shape index (κ2) is 21.4. The first kappa shape index (κ1) is 19.5. The van der Waals surface area contributed by atoms with Gasteiger partial charge in [-0.1, -0.05) is 76.9 Å². The van der Waals surface area contributed by atoms with Crippen LogP contribution in [0.25, 0.3) is 0 Å². The van der Waals surface area contributed by atoms with Crippen molar-refractivity contribution >= 4 is 0 Å². The maximum atomic E-state index is 4.72. The standard InChI is InChI=1S/C6H14O2.C6H6.C4H10/c1-3-5-7-8-6-4-2;1-2-4-6-5-3-1;1-3-4-2/h3-6H2,1-2H3;1-6H;3-4H2,1-2H3. The van der Waals surface area contributed by atoms with Crippen molar-refractivity contribution in [3.63, 3.8) is 0 Å². The van der Waals surface area contributed by atoms with E-state index in [0.717, 1.165) is 12.8 Å². The minimum absolute atomic E-state index is 0.708. The van der Waals surface area contributed by atoms with Crippen LogP contribution in [0.1, 0.15) is 53.4 Å². The van der Waals surface area contributed by atoms with Crippen molar-refractivity contribution in [3.8, 4) is 0 Å². The molecule has 0 radical (unpaired) electrons. The van der Waals surface area contributed by atoms with Crippen molar-refractivity contribution in [1.82, 2.24) is 0 Å². The zero-order chi connectivity index (χ0) is 13.9. The van der Waals surface area contributed by atoms with Crippen LogP contribution in [0.15, 0.2) is 36.4 Å². The quantitative estimate of drug-likeness (QED) is 0.392. The first-order chi connectivity index (χ1) is 8.83. The summed E-state index contributed by atoms with van der Waals surface area (Å²) in [6.45, 7) is 9.88. The van der Waals surface area contributed by atoms with Gasteiger partial charge in [0.2, 0.25) is 0 Å². The van der Waals surface area contributed by atoms with Crippen LogP contribution in [0, 0.1) is 0 Å². The fourth-order valence-electron chi connectivity index (χ4n) is 0.669. The molecular formula is C16H30O2. The fraction of sp³-hybridized carbons (Fsp3) is 0.625. The van der Waals surface area contributed by atoms with E-state index >= 15 is 0 Å². The molecule has 0 heterocycles. The van der Waals surface area contributed by atoms with E-state index in [0.29, 0.717) is 13.2 Å². The maximum Gasteiger partial charge on any atom is 0.0819 e. The summed E-state index contributed by atoms with van der Waals surface area (Å²) in [7, 11) is 0. The Balaban J connectivity index is 0. The van der Waals surface area contributed by atoms with E-state index in [1.54, 1.807) is 0 Å². The van der Waals surface area contributed by atoms with Gasteiger partial charge in [-0.25, -0.2) is 9.78 Å². The van der Waals surface area contributed by atoms with Crippen molar-refractivity contribution in [2.45, 2.75) is 53.4 Å². The summed E-state index contributed by atoms with van der Waals surface area (Å²) in [6.07, 6.45) is 4.67. The molecule has 0 unspecified atom stereocenters. The number of unbranched alkanes of at least 4 members (excludes halogenated alkanes) is 1. The molecule has 0 aromatic heterocycles. The Kier molecular flexibility index (Phi) is 23.2. The van der Waals surface area contributed by atoms with Gasteiger partial charge in [0.15, 0.2) is 0 Å². The van der Waals surface area contributed by atoms with Crippen LogP contribution >= 0.6 is 0 Å². The zero-order valence-corrected chi connectivity index (χ0v) is 12.5. The van der Waals surface area contributed by atoms with Crippen LogP contribution in [0.4, 0.5) is 0 Å². The van der Waals surface area contributed by atoms with Gasteiger partial charge in [0.1, 0.15) is 0 Å². The Bertz CT molecular complexity index is 165. The minimum atomic E-state index is 0.708. The van der Waals surface area contributed by atoms with Crippen molar-refractivity contribution in [3.05, 3.63) is 36.4 Å². The van der Waals surface area contributed by atoms with E-state index < -0.39 is 0 Å². The summed E-state index contributed by atoms with van der Waals surface area (Å²) < 4.78 is 0. The summed E-state index contributed by atoms with van der Waals surface area (Å²) in [5.41, 5.74) is 0. The predicted octanol–water partition coefficient (Wildman–Crippen LogP) is 5.25. The van der Waals surface area contributed by atoms with Gasteiger partial charge in [-0.15, -0.1) is 0 Å². The van der Waals surface area contributed by atoms with Gasteiger partial charge in [-0.05, 0) is 12.8 Å². The highest BCUT2D eigenvalue weighted by molar-refractivity contribution is 4.99. The van der Waals surface area contributed by atoms with Crippen LogP contribution in [-0.2, 0) is 9.78 Å². The highest BCUT2D eigenvalue weighted by Crippen LogP contribution is 1.83. The first-order valence-electron chi connectivity index (χ1n) is 7.07. The number of benzene rings is 1. The van der Waals surface area contributed by atoms with Crippen molar-refractivity contribution in [1.29, 1.82) is 0 Å². The molecule has 1 aromatic rings. The third kappa shape index (κ3) is 24.4. The van der Waals surface area contributed by atoms with Crippen LogP contribution in [-0.4, -0.2) is 13.2 Å². The normalized spacial score (nSPS) is 8.67. The molecule has 0 atom stereocenters. The fourth-order valence-corrected chi connectivity index (χ4v) is 0.669. The van der Waals surface area contributed by atoms with E-state index in [1.807, 2.05) is 36.4 Å². The number of hydrogen-bond donors (Lipinski definition) is 0. The molecule has 2 nitrogen and oxygen atoms in total. The molecule has 0 amide bonds. The van der Waals surface area contributed by atoms with E-state index in [9.17, 15) is 0 Å².